The second-order valence-electron chi connectivity index (χ2n) is 4.74. The minimum absolute atomic E-state index is 0.00271. The first-order chi connectivity index (χ1) is 7.91. The largest absolute Gasteiger partial charge is 0.480 e. The van der Waals surface area contributed by atoms with Crippen LogP contribution in [0, 0.1) is 11.8 Å². The Labute approximate surface area is 103 Å². The summed E-state index contributed by atoms with van der Waals surface area (Å²) < 4.78 is 4.80. The Kier molecular flexibility index (Phi) is 8.40. The molecule has 0 fully saturated rings. The molecule has 0 bridgehead atoms. The standard InChI is InChI=1S/C12H23NO4/c1-9(2)6-10(3)7-11(14)13-4-5-17-8-12(15)16/h9-10H,4-8H2,1-3H3,(H,13,14)(H,15,16). The Hall–Kier alpha value is -1.10. The minimum atomic E-state index is -0.998. The van der Waals surface area contributed by atoms with Gasteiger partial charge in [0.25, 0.3) is 0 Å². The molecule has 0 saturated heterocycles. The van der Waals surface area contributed by atoms with Crippen LogP contribution in [-0.2, 0) is 14.3 Å². The fraction of sp³-hybridized carbons (Fsp3) is 0.833. The summed E-state index contributed by atoms with van der Waals surface area (Å²) in [7, 11) is 0. The van der Waals surface area contributed by atoms with Crippen LogP contribution in [0.3, 0.4) is 0 Å². The highest BCUT2D eigenvalue weighted by molar-refractivity contribution is 5.76. The van der Waals surface area contributed by atoms with E-state index in [0.29, 0.717) is 24.8 Å². The maximum Gasteiger partial charge on any atom is 0.329 e. The van der Waals surface area contributed by atoms with Crippen molar-refractivity contribution in [1.29, 1.82) is 0 Å². The molecular formula is C12H23NO4. The van der Waals surface area contributed by atoms with Gasteiger partial charge in [-0.25, -0.2) is 4.79 Å². The average Bonchev–Trinajstić information content (AvgIpc) is 2.14. The Bertz CT molecular complexity index is 241. The molecule has 0 spiro atoms. The van der Waals surface area contributed by atoms with Crippen LogP contribution in [-0.4, -0.2) is 36.7 Å². The predicted octanol–water partition coefficient (Wildman–Crippen LogP) is 1.28. The minimum Gasteiger partial charge on any atom is -0.480 e. The van der Waals surface area contributed by atoms with E-state index in [0.717, 1.165) is 6.42 Å². The van der Waals surface area contributed by atoms with Gasteiger partial charge in [-0.1, -0.05) is 20.8 Å². The van der Waals surface area contributed by atoms with Gasteiger partial charge in [0.05, 0.1) is 6.61 Å². The van der Waals surface area contributed by atoms with Gasteiger partial charge in [-0.2, -0.15) is 0 Å². The number of hydrogen-bond donors (Lipinski definition) is 2. The van der Waals surface area contributed by atoms with Gasteiger partial charge >= 0.3 is 5.97 Å². The van der Waals surface area contributed by atoms with E-state index < -0.39 is 5.97 Å². The van der Waals surface area contributed by atoms with E-state index in [-0.39, 0.29) is 19.1 Å². The topological polar surface area (TPSA) is 75.6 Å². The second kappa shape index (κ2) is 8.98. The summed E-state index contributed by atoms with van der Waals surface area (Å²) in [5.41, 5.74) is 0. The van der Waals surface area contributed by atoms with Crippen LogP contribution < -0.4 is 5.32 Å². The lowest BCUT2D eigenvalue weighted by atomic mass is 9.96. The molecule has 1 unspecified atom stereocenters. The first kappa shape index (κ1) is 15.9. The predicted molar refractivity (Wildman–Crippen MR) is 64.7 cm³/mol. The molecule has 5 heteroatoms. The second-order valence-corrected chi connectivity index (χ2v) is 4.74. The molecule has 0 aromatic heterocycles. The average molecular weight is 245 g/mol. The zero-order chi connectivity index (χ0) is 13.3. The smallest absolute Gasteiger partial charge is 0.329 e. The summed E-state index contributed by atoms with van der Waals surface area (Å²) in [6, 6.07) is 0. The maximum atomic E-state index is 11.4. The fourth-order valence-corrected chi connectivity index (χ4v) is 1.70. The van der Waals surface area contributed by atoms with E-state index >= 15 is 0 Å². The summed E-state index contributed by atoms with van der Waals surface area (Å²) in [6.45, 7) is 6.60. The highest BCUT2D eigenvalue weighted by Gasteiger charge is 2.10. The van der Waals surface area contributed by atoms with Crippen molar-refractivity contribution in [3.05, 3.63) is 0 Å². The van der Waals surface area contributed by atoms with Crippen molar-refractivity contribution < 1.29 is 19.4 Å². The molecule has 1 atom stereocenters. The first-order valence-corrected chi connectivity index (χ1v) is 5.98. The zero-order valence-electron chi connectivity index (χ0n) is 10.9. The number of carbonyl (C=O) groups is 2. The lowest BCUT2D eigenvalue weighted by Crippen LogP contribution is -2.29. The van der Waals surface area contributed by atoms with Crippen LogP contribution in [0.25, 0.3) is 0 Å². The first-order valence-electron chi connectivity index (χ1n) is 5.98. The maximum absolute atomic E-state index is 11.4. The third kappa shape index (κ3) is 11.2. The molecule has 0 aliphatic carbocycles. The normalized spacial score (nSPS) is 12.5. The fourth-order valence-electron chi connectivity index (χ4n) is 1.70. The number of ether oxygens (including phenoxy) is 1. The van der Waals surface area contributed by atoms with Crippen molar-refractivity contribution >= 4 is 11.9 Å². The zero-order valence-corrected chi connectivity index (χ0v) is 10.9. The van der Waals surface area contributed by atoms with Crippen molar-refractivity contribution in [2.75, 3.05) is 19.8 Å². The van der Waals surface area contributed by atoms with Crippen LogP contribution in [0.15, 0.2) is 0 Å². The van der Waals surface area contributed by atoms with Crippen LogP contribution in [0.5, 0.6) is 0 Å². The molecule has 0 radical (unpaired) electrons. The van der Waals surface area contributed by atoms with E-state index in [2.05, 4.69) is 26.1 Å². The Morgan fingerprint density at radius 2 is 1.94 bits per heavy atom. The molecule has 5 nitrogen and oxygen atoms in total. The molecule has 17 heavy (non-hydrogen) atoms. The molecule has 0 heterocycles. The number of nitrogens with one attached hydrogen (secondary N) is 1. The number of carbonyl (C=O) groups excluding carboxylic acids is 1. The highest BCUT2D eigenvalue weighted by atomic mass is 16.5. The van der Waals surface area contributed by atoms with E-state index in [1.807, 2.05) is 0 Å². The number of carboxylic acid groups (broad SMARTS) is 1. The summed E-state index contributed by atoms with van der Waals surface area (Å²) >= 11 is 0. The van der Waals surface area contributed by atoms with Gasteiger partial charge in [0.15, 0.2) is 0 Å². The summed E-state index contributed by atoms with van der Waals surface area (Å²) in [5, 5.41) is 11.0. The number of rotatable bonds is 9. The van der Waals surface area contributed by atoms with E-state index in [4.69, 9.17) is 9.84 Å². The van der Waals surface area contributed by atoms with Crippen molar-refractivity contribution in [2.24, 2.45) is 11.8 Å². The molecule has 2 N–H and O–H groups in total. The third-order valence-electron chi connectivity index (χ3n) is 2.20. The lowest BCUT2D eigenvalue weighted by Gasteiger charge is -2.13. The van der Waals surface area contributed by atoms with Crippen LogP contribution in [0.2, 0.25) is 0 Å². The van der Waals surface area contributed by atoms with Crippen LogP contribution in [0.4, 0.5) is 0 Å². The van der Waals surface area contributed by atoms with Crippen molar-refractivity contribution in [1.82, 2.24) is 5.32 Å². The van der Waals surface area contributed by atoms with Crippen LogP contribution in [0.1, 0.15) is 33.6 Å². The number of amides is 1. The van der Waals surface area contributed by atoms with Gasteiger partial charge in [-0.15, -0.1) is 0 Å². The molecule has 1 amide bonds. The van der Waals surface area contributed by atoms with Crippen LogP contribution >= 0.6 is 0 Å². The Balaban J connectivity index is 3.49. The van der Waals surface area contributed by atoms with Crippen molar-refractivity contribution in [3.8, 4) is 0 Å². The quantitative estimate of drug-likeness (QED) is 0.600. The summed E-state index contributed by atoms with van der Waals surface area (Å²) in [5.74, 6) is -0.0365. The van der Waals surface area contributed by atoms with E-state index in [1.54, 1.807) is 0 Å². The summed E-state index contributed by atoms with van der Waals surface area (Å²) in [4.78, 5) is 21.6. The molecule has 0 aliphatic heterocycles. The number of aliphatic carboxylic acids is 1. The molecule has 100 valence electrons. The Morgan fingerprint density at radius 1 is 1.29 bits per heavy atom. The van der Waals surface area contributed by atoms with Gasteiger partial charge in [-0.05, 0) is 18.3 Å². The third-order valence-corrected chi connectivity index (χ3v) is 2.20. The monoisotopic (exact) mass is 245 g/mol. The molecule has 0 aromatic carbocycles. The van der Waals surface area contributed by atoms with Gasteiger partial charge in [0, 0.05) is 13.0 Å². The summed E-state index contributed by atoms with van der Waals surface area (Å²) in [6.07, 6.45) is 1.54. The van der Waals surface area contributed by atoms with Gasteiger partial charge in [-0.3, -0.25) is 4.79 Å². The molecule has 0 saturated carbocycles. The van der Waals surface area contributed by atoms with Crippen molar-refractivity contribution in [3.63, 3.8) is 0 Å². The SMILES string of the molecule is CC(C)CC(C)CC(=O)NCCOCC(=O)O. The molecular weight excluding hydrogens is 222 g/mol. The van der Waals surface area contributed by atoms with Crippen molar-refractivity contribution in [2.45, 2.75) is 33.6 Å². The van der Waals surface area contributed by atoms with Gasteiger partial charge in [0.2, 0.25) is 5.91 Å². The molecule has 0 aromatic rings. The van der Waals surface area contributed by atoms with Gasteiger partial charge in [0.1, 0.15) is 6.61 Å². The number of hydrogen-bond acceptors (Lipinski definition) is 3. The Morgan fingerprint density at radius 3 is 2.47 bits per heavy atom. The van der Waals surface area contributed by atoms with E-state index in [9.17, 15) is 9.59 Å². The van der Waals surface area contributed by atoms with E-state index in [1.165, 1.54) is 0 Å². The molecule has 0 aliphatic rings. The van der Waals surface area contributed by atoms with Gasteiger partial charge < -0.3 is 15.2 Å². The molecule has 0 rings (SSSR count). The lowest BCUT2D eigenvalue weighted by molar-refractivity contribution is -0.142. The number of carboxylic acids is 1. The highest BCUT2D eigenvalue weighted by Crippen LogP contribution is 2.13.